The first-order chi connectivity index (χ1) is 15.2. The number of nitrogens with one attached hydrogen (secondary N) is 1. The molecule has 0 unspecified atom stereocenters. The summed E-state index contributed by atoms with van der Waals surface area (Å²) >= 11 is 0. The predicted molar refractivity (Wildman–Crippen MR) is 127 cm³/mol. The van der Waals surface area contributed by atoms with Gasteiger partial charge in [-0.2, -0.15) is 0 Å². The average Bonchev–Trinajstić information content (AvgIpc) is 2.68. The second-order valence-corrected chi connectivity index (χ2v) is 11.6. The Balaban J connectivity index is 2.51. The second kappa shape index (κ2) is 10.2. The Bertz CT molecular complexity index is 1130. The van der Waals surface area contributed by atoms with Gasteiger partial charge in [0.05, 0.1) is 24.5 Å². The Morgan fingerprint density at radius 2 is 1.67 bits per heavy atom. The molecule has 0 heterocycles. The molecular formula is C24H31NO7S. The van der Waals surface area contributed by atoms with E-state index >= 15 is 0 Å². The third-order valence-electron chi connectivity index (χ3n) is 4.88. The Hall–Kier alpha value is -3.07. The number of hydrogen-bond donors (Lipinski definition) is 2. The number of ether oxygens (including phenoxy) is 2. The summed E-state index contributed by atoms with van der Waals surface area (Å²) in [6.45, 7) is 8.53. The zero-order valence-corrected chi connectivity index (χ0v) is 20.6. The van der Waals surface area contributed by atoms with Crippen molar-refractivity contribution in [2.24, 2.45) is 5.41 Å². The van der Waals surface area contributed by atoms with Crippen LogP contribution < -0.4 is 14.8 Å². The average molecular weight is 478 g/mol. The SMILES string of the molecule is COc1ccc(CC(=O)O)cc1Oc1ccc(NC(=O)C(C)(C)C)cc1CS(=O)(=O)C(C)C. The van der Waals surface area contributed by atoms with Crippen LogP contribution in [0.15, 0.2) is 36.4 Å². The summed E-state index contributed by atoms with van der Waals surface area (Å²) in [6.07, 6.45) is -0.202. The molecule has 0 aliphatic heterocycles. The van der Waals surface area contributed by atoms with Crippen LogP contribution in [0, 0.1) is 5.41 Å². The number of aliphatic carboxylic acids is 1. The predicted octanol–water partition coefficient (Wildman–Crippen LogP) is 4.42. The number of carbonyl (C=O) groups is 2. The highest BCUT2D eigenvalue weighted by Gasteiger charge is 2.24. The fourth-order valence-corrected chi connectivity index (χ4v) is 3.77. The molecule has 0 aliphatic rings. The quantitative estimate of drug-likeness (QED) is 0.548. The molecule has 2 N–H and O–H groups in total. The minimum atomic E-state index is -3.48. The van der Waals surface area contributed by atoms with Crippen molar-refractivity contribution in [3.63, 3.8) is 0 Å². The van der Waals surface area contributed by atoms with Crippen LogP contribution in [0.2, 0.25) is 0 Å². The number of carbonyl (C=O) groups excluding carboxylic acids is 1. The molecule has 2 aromatic rings. The van der Waals surface area contributed by atoms with Crippen molar-refractivity contribution < 1.29 is 32.6 Å². The summed E-state index contributed by atoms with van der Waals surface area (Å²) in [6, 6.07) is 9.53. The van der Waals surface area contributed by atoms with E-state index in [2.05, 4.69) is 5.32 Å². The molecule has 0 fully saturated rings. The summed E-state index contributed by atoms with van der Waals surface area (Å²) in [4.78, 5) is 23.5. The van der Waals surface area contributed by atoms with Gasteiger partial charge in [-0.15, -0.1) is 0 Å². The number of benzene rings is 2. The topological polar surface area (TPSA) is 119 Å². The minimum Gasteiger partial charge on any atom is -0.493 e. The Morgan fingerprint density at radius 1 is 1.03 bits per heavy atom. The molecule has 0 saturated heterocycles. The van der Waals surface area contributed by atoms with Crippen molar-refractivity contribution in [1.29, 1.82) is 0 Å². The maximum atomic E-state index is 12.7. The van der Waals surface area contributed by atoms with Gasteiger partial charge in [0.25, 0.3) is 0 Å². The lowest BCUT2D eigenvalue weighted by atomic mass is 9.95. The third-order valence-corrected chi connectivity index (χ3v) is 7.03. The summed E-state index contributed by atoms with van der Waals surface area (Å²) < 4.78 is 36.7. The van der Waals surface area contributed by atoms with E-state index in [-0.39, 0.29) is 29.6 Å². The van der Waals surface area contributed by atoms with Crippen LogP contribution in [0.3, 0.4) is 0 Å². The van der Waals surface area contributed by atoms with Crippen LogP contribution in [0.1, 0.15) is 45.7 Å². The summed E-state index contributed by atoms with van der Waals surface area (Å²) in [5.41, 5.74) is 0.685. The lowest BCUT2D eigenvalue weighted by Gasteiger charge is -2.20. The molecule has 33 heavy (non-hydrogen) atoms. The van der Waals surface area contributed by atoms with E-state index in [1.165, 1.54) is 7.11 Å². The van der Waals surface area contributed by atoms with Crippen LogP contribution in [-0.4, -0.2) is 37.8 Å². The fraction of sp³-hybridized carbons (Fsp3) is 0.417. The highest BCUT2D eigenvalue weighted by atomic mass is 32.2. The van der Waals surface area contributed by atoms with E-state index in [4.69, 9.17) is 14.6 Å². The first-order valence-electron chi connectivity index (χ1n) is 10.5. The zero-order chi connectivity index (χ0) is 25.0. The maximum Gasteiger partial charge on any atom is 0.307 e. The van der Waals surface area contributed by atoms with Gasteiger partial charge in [-0.05, 0) is 49.7 Å². The molecule has 0 aromatic heterocycles. The summed E-state index contributed by atoms with van der Waals surface area (Å²) in [7, 11) is -2.03. The highest BCUT2D eigenvalue weighted by Crippen LogP contribution is 2.36. The van der Waals surface area contributed by atoms with E-state index in [0.29, 0.717) is 22.6 Å². The van der Waals surface area contributed by atoms with Gasteiger partial charge in [-0.3, -0.25) is 9.59 Å². The monoisotopic (exact) mass is 477 g/mol. The molecule has 8 nitrogen and oxygen atoms in total. The number of hydrogen-bond acceptors (Lipinski definition) is 6. The third kappa shape index (κ3) is 7.21. The number of rotatable bonds is 9. The molecule has 180 valence electrons. The van der Waals surface area contributed by atoms with Crippen molar-refractivity contribution in [2.45, 2.75) is 52.0 Å². The van der Waals surface area contributed by atoms with Crippen LogP contribution in [0.4, 0.5) is 5.69 Å². The van der Waals surface area contributed by atoms with Gasteiger partial charge in [0.1, 0.15) is 5.75 Å². The van der Waals surface area contributed by atoms with Gasteiger partial charge in [-0.25, -0.2) is 8.42 Å². The lowest BCUT2D eigenvalue weighted by Crippen LogP contribution is -2.27. The Labute approximate surface area is 194 Å². The van der Waals surface area contributed by atoms with Crippen molar-refractivity contribution in [2.75, 3.05) is 12.4 Å². The first kappa shape index (κ1) is 26.2. The van der Waals surface area contributed by atoms with Crippen molar-refractivity contribution in [3.05, 3.63) is 47.5 Å². The fourth-order valence-electron chi connectivity index (χ4n) is 2.78. The first-order valence-corrected chi connectivity index (χ1v) is 12.2. The number of sulfone groups is 1. The number of carboxylic acid groups (broad SMARTS) is 1. The zero-order valence-electron chi connectivity index (χ0n) is 19.8. The normalized spacial score (nSPS) is 11.8. The number of anilines is 1. The molecule has 2 aromatic carbocycles. The van der Waals surface area contributed by atoms with E-state index in [1.54, 1.807) is 71.0 Å². The van der Waals surface area contributed by atoms with Gasteiger partial charge in [0.15, 0.2) is 21.3 Å². The molecule has 9 heteroatoms. The van der Waals surface area contributed by atoms with Crippen molar-refractivity contribution in [1.82, 2.24) is 0 Å². The van der Waals surface area contributed by atoms with Gasteiger partial charge >= 0.3 is 5.97 Å². The largest absolute Gasteiger partial charge is 0.493 e. The van der Waals surface area contributed by atoms with Crippen LogP contribution >= 0.6 is 0 Å². The van der Waals surface area contributed by atoms with Gasteiger partial charge in [-0.1, -0.05) is 26.8 Å². The molecule has 2 rings (SSSR count). The maximum absolute atomic E-state index is 12.7. The lowest BCUT2D eigenvalue weighted by molar-refractivity contribution is -0.136. The minimum absolute atomic E-state index is 0.202. The molecule has 0 atom stereocenters. The smallest absolute Gasteiger partial charge is 0.307 e. The number of amides is 1. The van der Waals surface area contributed by atoms with Crippen molar-refractivity contribution in [3.8, 4) is 17.2 Å². The van der Waals surface area contributed by atoms with Crippen LogP contribution in [-0.2, 0) is 31.6 Å². The standard InChI is InChI=1S/C24H31NO7S/c1-15(2)33(29,30)14-17-13-18(25-23(28)24(3,4)5)8-10-19(17)32-21-11-16(12-22(26)27)7-9-20(21)31-6/h7-11,13,15H,12,14H2,1-6H3,(H,25,28)(H,26,27). The van der Waals surface area contributed by atoms with Gasteiger partial charge in [0, 0.05) is 16.7 Å². The van der Waals surface area contributed by atoms with E-state index in [0.717, 1.165) is 0 Å². The van der Waals surface area contributed by atoms with Crippen molar-refractivity contribution >= 4 is 27.4 Å². The van der Waals surface area contributed by atoms with Gasteiger partial charge < -0.3 is 19.9 Å². The van der Waals surface area contributed by atoms with E-state index in [9.17, 15) is 18.0 Å². The molecule has 0 saturated carbocycles. The van der Waals surface area contributed by atoms with E-state index < -0.39 is 26.5 Å². The second-order valence-electron chi connectivity index (χ2n) is 9.04. The molecule has 0 radical (unpaired) electrons. The van der Waals surface area contributed by atoms with Crippen LogP contribution in [0.5, 0.6) is 17.2 Å². The Kier molecular flexibility index (Phi) is 8.13. The number of methoxy groups -OCH3 is 1. The molecule has 0 bridgehead atoms. The highest BCUT2D eigenvalue weighted by molar-refractivity contribution is 7.91. The molecule has 1 amide bonds. The summed E-state index contributed by atoms with van der Waals surface area (Å²) in [5.74, 6) is -0.613. The Morgan fingerprint density at radius 3 is 2.21 bits per heavy atom. The molecule has 0 spiro atoms. The molecular weight excluding hydrogens is 446 g/mol. The van der Waals surface area contributed by atoms with Gasteiger partial charge in [0.2, 0.25) is 5.91 Å². The van der Waals surface area contributed by atoms with E-state index in [1.807, 2.05) is 0 Å². The summed E-state index contributed by atoms with van der Waals surface area (Å²) in [5, 5.41) is 11.3. The number of carboxylic acids is 1. The molecule has 0 aliphatic carbocycles. The van der Waals surface area contributed by atoms with Crippen LogP contribution in [0.25, 0.3) is 0 Å².